The Morgan fingerprint density at radius 2 is 1.54 bits per heavy atom. The first-order chi connectivity index (χ1) is 13.4. The van der Waals surface area contributed by atoms with Gasteiger partial charge in [-0.05, 0) is 86.0 Å². The Morgan fingerprint density at radius 1 is 0.964 bits per heavy atom. The minimum atomic E-state index is -0.568. The molecule has 4 aliphatic carbocycles. The van der Waals surface area contributed by atoms with Crippen molar-refractivity contribution in [3.8, 4) is 0 Å². The van der Waals surface area contributed by atoms with E-state index >= 15 is 0 Å². The molecule has 6 nitrogen and oxygen atoms in total. The predicted molar refractivity (Wildman–Crippen MR) is 103 cm³/mol. The summed E-state index contributed by atoms with van der Waals surface area (Å²) in [5, 5.41) is 0.520. The highest BCUT2D eigenvalue weighted by molar-refractivity contribution is 6.30. The highest BCUT2D eigenvalue weighted by Crippen LogP contribution is 2.61. The van der Waals surface area contributed by atoms with E-state index in [-0.39, 0.29) is 11.4 Å². The van der Waals surface area contributed by atoms with E-state index < -0.39 is 18.4 Å². The Balaban J connectivity index is 1.20. The molecular formula is C21H25ClN2O4. The van der Waals surface area contributed by atoms with Crippen molar-refractivity contribution in [2.24, 2.45) is 23.2 Å². The number of benzene rings is 1. The van der Waals surface area contributed by atoms with E-state index in [1.54, 1.807) is 24.3 Å². The molecule has 0 atom stereocenters. The fourth-order valence-corrected chi connectivity index (χ4v) is 5.97. The molecule has 0 spiro atoms. The molecule has 150 valence electrons. The van der Waals surface area contributed by atoms with E-state index in [4.69, 9.17) is 16.3 Å². The van der Waals surface area contributed by atoms with Gasteiger partial charge in [0.15, 0.2) is 6.61 Å². The number of rotatable bonds is 5. The normalized spacial score (nSPS) is 30.0. The molecule has 0 aliphatic heterocycles. The van der Waals surface area contributed by atoms with Gasteiger partial charge in [-0.2, -0.15) is 0 Å². The zero-order chi connectivity index (χ0) is 19.7. The highest BCUT2D eigenvalue weighted by atomic mass is 35.5. The number of esters is 1. The van der Waals surface area contributed by atoms with Crippen molar-refractivity contribution < 1.29 is 19.1 Å². The van der Waals surface area contributed by atoms with Gasteiger partial charge < -0.3 is 4.74 Å². The standard InChI is InChI=1S/C21H25ClN2O4/c22-17-3-1-16(2-4-17)20(27)24-23-18(25)12-28-19(26)11-21-8-13-5-14(9-21)7-15(6-13)10-21/h1-4,13-15H,5-12H2,(H,23,25)(H,24,27). The second-order valence-corrected chi connectivity index (χ2v) is 9.20. The van der Waals surface area contributed by atoms with Crippen LogP contribution >= 0.6 is 11.6 Å². The lowest BCUT2D eigenvalue weighted by molar-refractivity contribution is -0.155. The third kappa shape index (κ3) is 4.32. The Kier molecular flexibility index (Phi) is 5.32. The molecule has 4 bridgehead atoms. The van der Waals surface area contributed by atoms with Crippen molar-refractivity contribution in [1.29, 1.82) is 0 Å². The van der Waals surface area contributed by atoms with E-state index in [0.717, 1.165) is 37.0 Å². The largest absolute Gasteiger partial charge is 0.455 e. The number of carbonyl (C=O) groups is 3. The monoisotopic (exact) mass is 404 g/mol. The van der Waals surface area contributed by atoms with Gasteiger partial charge in [0.2, 0.25) is 0 Å². The van der Waals surface area contributed by atoms with Crippen molar-refractivity contribution >= 4 is 29.4 Å². The number of nitrogens with one attached hydrogen (secondary N) is 2. The summed E-state index contributed by atoms with van der Waals surface area (Å²) in [6.07, 6.45) is 7.74. The number of hydrogen-bond acceptors (Lipinski definition) is 4. The van der Waals surface area contributed by atoms with Gasteiger partial charge in [0, 0.05) is 10.6 Å². The summed E-state index contributed by atoms with van der Waals surface area (Å²) in [7, 11) is 0. The van der Waals surface area contributed by atoms with Crippen molar-refractivity contribution in [1.82, 2.24) is 10.9 Å². The van der Waals surface area contributed by atoms with Crippen LogP contribution in [0.3, 0.4) is 0 Å². The van der Waals surface area contributed by atoms with Crippen LogP contribution < -0.4 is 10.9 Å². The summed E-state index contributed by atoms with van der Waals surface area (Å²) >= 11 is 5.78. The van der Waals surface area contributed by atoms with Gasteiger partial charge in [-0.3, -0.25) is 25.2 Å². The van der Waals surface area contributed by atoms with Crippen LogP contribution in [-0.2, 0) is 14.3 Å². The third-order valence-corrected chi connectivity index (χ3v) is 6.72. The molecule has 2 N–H and O–H groups in total. The molecule has 1 aromatic carbocycles. The second-order valence-electron chi connectivity index (χ2n) is 8.76. The number of halogens is 1. The first kappa shape index (κ1) is 19.2. The highest BCUT2D eigenvalue weighted by Gasteiger charge is 2.51. The molecule has 7 heteroatoms. The molecule has 0 saturated heterocycles. The first-order valence-corrected chi connectivity index (χ1v) is 10.3. The van der Waals surface area contributed by atoms with Gasteiger partial charge in [0.05, 0.1) is 6.42 Å². The molecule has 4 aliphatic rings. The summed E-state index contributed by atoms with van der Waals surface area (Å²) < 4.78 is 5.18. The van der Waals surface area contributed by atoms with Crippen molar-refractivity contribution in [2.45, 2.75) is 44.9 Å². The van der Waals surface area contributed by atoms with E-state index in [1.165, 1.54) is 19.3 Å². The van der Waals surface area contributed by atoms with E-state index in [9.17, 15) is 14.4 Å². The minimum absolute atomic E-state index is 0.0884. The maximum atomic E-state index is 12.3. The molecule has 5 rings (SSSR count). The van der Waals surface area contributed by atoms with E-state index in [2.05, 4.69) is 10.9 Å². The fourth-order valence-electron chi connectivity index (χ4n) is 5.85. The maximum Gasteiger partial charge on any atom is 0.306 e. The van der Waals surface area contributed by atoms with Crippen LogP contribution in [0.1, 0.15) is 55.3 Å². The predicted octanol–water partition coefficient (Wildman–Crippen LogP) is 3.25. The lowest BCUT2D eigenvalue weighted by Gasteiger charge is -2.56. The number of hydrogen-bond donors (Lipinski definition) is 2. The average Bonchev–Trinajstić information content (AvgIpc) is 2.63. The zero-order valence-electron chi connectivity index (χ0n) is 15.7. The van der Waals surface area contributed by atoms with Gasteiger partial charge in [-0.1, -0.05) is 11.6 Å². The summed E-state index contributed by atoms with van der Waals surface area (Å²) in [5.74, 6) is 0.952. The van der Waals surface area contributed by atoms with Gasteiger partial charge >= 0.3 is 5.97 Å². The molecule has 2 amide bonds. The Morgan fingerprint density at radius 3 is 2.11 bits per heavy atom. The van der Waals surface area contributed by atoms with Gasteiger partial charge in [0.1, 0.15) is 0 Å². The summed E-state index contributed by atoms with van der Waals surface area (Å²) in [4.78, 5) is 36.1. The second kappa shape index (κ2) is 7.74. The van der Waals surface area contributed by atoms with Crippen molar-refractivity contribution in [3.63, 3.8) is 0 Å². The molecule has 1 aromatic rings. The quantitative estimate of drug-likeness (QED) is 0.582. The summed E-state index contributed by atoms with van der Waals surface area (Å²) in [5.41, 5.74) is 5.01. The first-order valence-electron chi connectivity index (χ1n) is 9.91. The molecular weight excluding hydrogens is 380 g/mol. The molecule has 4 saturated carbocycles. The molecule has 0 aromatic heterocycles. The van der Waals surface area contributed by atoms with Crippen LogP contribution in [0.15, 0.2) is 24.3 Å². The lowest BCUT2D eigenvalue weighted by Crippen LogP contribution is -2.47. The molecule has 0 radical (unpaired) electrons. The maximum absolute atomic E-state index is 12.3. The molecule has 0 unspecified atom stereocenters. The van der Waals surface area contributed by atoms with Gasteiger partial charge in [0.25, 0.3) is 11.8 Å². The third-order valence-electron chi connectivity index (χ3n) is 6.47. The average molecular weight is 405 g/mol. The van der Waals surface area contributed by atoms with Crippen molar-refractivity contribution in [2.75, 3.05) is 6.61 Å². The Bertz CT molecular complexity index is 742. The van der Waals surface area contributed by atoms with E-state index in [0.29, 0.717) is 17.0 Å². The molecule has 4 fully saturated rings. The van der Waals surface area contributed by atoms with E-state index in [1.807, 2.05) is 0 Å². The molecule has 0 heterocycles. The summed E-state index contributed by atoms with van der Waals surface area (Å²) in [6, 6.07) is 6.28. The topological polar surface area (TPSA) is 84.5 Å². The van der Waals surface area contributed by atoms with Crippen LogP contribution in [0.25, 0.3) is 0 Å². The van der Waals surface area contributed by atoms with Crippen LogP contribution in [0, 0.1) is 23.2 Å². The number of hydrazine groups is 1. The smallest absolute Gasteiger partial charge is 0.306 e. The van der Waals surface area contributed by atoms with Crippen LogP contribution in [0.2, 0.25) is 5.02 Å². The van der Waals surface area contributed by atoms with Crippen molar-refractivity contribution in [3.05, 3.63) is 34.9 Å². The van der Waals surface area contributed by atoms with Crippen LogP contribution in [-0.4, -0.2) is 24.4 Å². The lowest BCUT2D eigenvalue weighted by atomic mass is 9.49. The molecule has 28 heavy (non-hydrogen) atoms. The number of carbonyl (C=O) groups excluding carboxylic acids is 3. The summed E-state index contributed by atoms with van der Waals surface area (Å²) in [6.45, 7) is -0.397. The van der Waals surface area contributed by atoms with Crippen LogP contribution in [0.5, 0.6) is 0 Å². The fraction of sp³-hybridized carbons (Fsp3) is 0.571. The zero-order valence-corrected chi connectivity index (χ0v) is 16.5. The van der Waals surface area contributed by atoms with Gasteiger partial charge in [-0.15, -0.1) is 0 Å². The Hall–Kier alpha value is -2.08. The SMILES string of the molecule is O=C(COC(=O)CC12CC3CC(CC(C3)C1)C2)NNC(=O)c1ccc(Cl)cc1. The number of ether oxygens (including phenoxy) is 1. The van der Waals surface area contributed by atoms with Gasteiger partial charge in [-0.25, -0.2) is 0 Å². The van der Waals surface area contributed by atoms with Crippen LogP contribution in [0.4, 0.5) is 0 Å². The Labute approximate surface area is 169 Å². The number of amides is 2. The minimum Gasteiger partial charge on any atom is -0.455 e.